The lowest BCUT2D eigenvalue weighted by atomic mass is 9.86. The smallest absolute Gasteiger partial charge is 0.329 e. The lowest BCUT2D eigenvalue weighted by molar-refractivity contribution is 0.590. The monoisotopic (exact) mass is 341 g/mol. The Bertz CT molecular complexity index is 864. The molecule has 1 aliphatic rings. The molecule has 5 heteroatoms. The number of nitrogens with one attached hydrogen (secondary N) is 1. The molecule has 1 aromatic heterocycles. The van der Waals surface area contributed by atoms with Gasteiger partial charge in [0.1, 0.15) is 5.82 Å². The van der Waals surface area contributed by atoms with Crippen LogP contribution in [0.25, 0.3) is 0 Å². The van der Waals surface area contributed by atoms with Gasteiger partial charge in [-0.2, -0.15) is 0 Å². The van der Waals surface area contributed by atoms with Crippen LogP contribution >= 0.6 is 0 Å². The number of H-pyrrole nitrogens is 1. The van der Waals surface area contributed by atoms with Crippen LogP contribution in [0.5, 0.6) is 0 Å². The second-order valence-electron chi connectivity index (χ2n) is 7.94. The van der Waals surface area contributed by atoms with Crippen molar-refractivity contribution < 1.29 is 0 Å². The van der Waals surface area contributed by atoms with Gasteiger partial charge < -0.3 is 4.90 Å². The normalized spacial score (nSPS) is 15.0. The van der Waals surface area contributed by atoms with E-state index in [2.05, 4.69) is 54.9 Å². The molecule has 1 N–H and O–H groups in total. The molecule has 134 valence electrons. The van der Waals surface area contributed by atoms with Crippen LogP contribution in [0.2, 0.25) is 0 Å². The molecular formula is C20H27N3O2. The molecule has 1 aromatic carbocycles. The van der Waals surface area contributed by atoms with E-state index < -0.39 is 0 Å². The highest BCUT2D eigenvalue weighted by atomic mass is 16.2. The summed E-state index contributed by atoms with van der Waals surface area (Å²) in [5.41, 5.74) is 2.58. The van der Waals surface area contributed by atoms with Crippen molar-refractivity contribution in [3.63, 3.8) is 0 Å². The second kappa shape index (κ2) is 6.54. The molecule has 3 rings (SSSR count). The van der Waals surface area contributed by atoms with Gasteiger partial charge in [0.2, 0.25) is 0 Å². The van der Waals surface area contributed by atoms with Crippen molar-refractivity contribution in [1.29, 1.82) is 0 Å². The van der Waals surface area contributed by atoms with Gasteiger partial charge in [-0.05, 0) is 29.4 Å². The third kappa shape index (κ3) is 3.55. The van der Waals surface area contributed by atoms with Crippen molar-refractivity contribution in [1.82, 2.24) is 9.55 Å². The van der Waals surface area contributed by atoms with Gasteiger partial charge in [0, 0.05) is 26.6 Å². The Labute approximate surface area is 148 Å². The second-order valence-corrected chi connectivity index (χ2v) is 7.94. The van der Waals surface area contributed by atoms with E-state index in [1.54, 1.807) is 0 Å². The van der Waals surface area contributed by atoms with Crippen LogP contribution in [0.1, 0.15) is 50.3 Å². The molecule has 25 heavy (non-hydrogen) atoms. The average Bonchev–Trinajstić information content (AvgIpc) is 3.09. The number of rotatable bonds is 3. The predicted molar refractivity (Wildman–Crippen MR) is 102 cm³/mol. The van der Waals surface area contributed by atoms with Crippen LogP contribution in [0, 0.1) is 0 Å². The van der Waals surface area contributed by atoms with Gasteiger partial charge in [0.25, 0.3) is 5.56 Å². The Hall–Kier alpha value is -2.30. The van der Waals surface area contributed by atoms with Crippen molar-refractivity contribution in [2.24, 2.45) is 7.05 Å². The van der Waals surface area contributed by atoms with E-state index >= 15 is 0 Å². The van der Waals surface area contributed by atoms with E-state index in [9.17, 15) is 9.59 Å². The molecule has 1 saturated heterocycles. The highest BCUT2D eigenvalue weighted by molar-refractivity contribution is 5.48. The molecule has 0 bridgehead atoms. The Morgan fingerprint density at radius 1 is 1.04 bits per heavy atom. The maximum atomic E-state index is 12.7. The summed E-state index contributed by atoms with van der Waals surface area (Å²) >= 11 is 0. The van der Waals surface area contributed by atoms with Gasteiger partial charge in [0.15, 0.2) is 0 Å². The minimum Gasteiger partial charge on any atom is -0.358 e. The van der Waals surface area contributed by atoms with Gasteiger partial charge in [0.05, 0.1) is 5.56 Å². The molecule has 2 heterocycles. The Balaban J connectivity index is 2.00. The molecule has 0 aliphatic carbocycles. The number of hydrogen-bond acceptors (Lipinski definition) is 3. The number of hydrogen-bond donors (Lipinski definition) is 1. The van der Waals surface area contributed by atoms with Gasteiger partial charge >= 0.3 is 5.69 Å². The largest absolute Gasteiger partial charge is 0.358 e. The minimum absolute atomic E-state index is 0.105. The van der Waals surface area contributed by atoms with Crippen molar-refractivity contribution in [3.05, 3.63) is 61.8 Å². The molecule has 5 nitrogen and oxygen atoms in total. The number of aromatic amines is 1. The van der Waals surface area contributed by atoms with Crippen molar-refractivity contribution >= 4 is 5.82 Å². The van der Waals surface area contributed by atoms with Gasteiger partial charge in [-0.15, -0.1) is 0 Å². The molecule has 0 spiro atoms. The van der Waals surface area contributed by atoms with E-state index in [0.29, 0.717) is 17.8 Å². The summed E-state index contributed by atoms with van der Waals surface area (Å²) in [7, 11) is 1.53. The van der Waals surface area contributed by atoms with Crippen LogP contribution in [-0.4, -0.2) is 22.6 Å². The van der Waals surface area contributed by atoms with E-state index in [0.717, 1.165) is 31.5 Å². The lowest BCUT2D eigenvalue weighted by Crippen LogP contribution is -2.38. The van der Waals surface area contributed by atoms with E-state index in [-0.39, 0.29) is 16.7 Å². The minimum atomic E-state index is -0.348. The van der Waals surface area contributed by atoms with E-state index in [1.165, 1.54) is 17.2 Å². The number of nitrogens with zero attached hydrogens (tertiary/aromatic N) is 2. The summed E-state index contributed by atoms with van der Waals surface area (Å²) in [4.78, 5) is 29.8. The fraction of sp³-hybridized carbons (Fsp3) is 0.500. The molecular weight excluding hydrogens is 314 g/mol. The standard InChI is InChI=1S/C20H27N3O2/c1-20(2,3)15-9-7-14(8-10-15)13-16-17(23-11-5-6-12-23)21-19(25)22(4)18(16)24/h7-10H,5-6,11-13H2,1-4H3,(H,21,25). The third-order valence-corrected chi connectivity index (χ3v) is 5.00. The first-order valence-corrected chi connectivity index (χ1v) is 8.94. The zero-order valence-corrected chi connectivity index (χ0v) is 15.6. The van der Waals surface area contributed by atoms with Gasteiger partial charge in [-0.25, -0.2) is 4.79 Å². The molecule has 0 radical (unpaired) electrons. The topological polar surface area (TPSA) is 58.1 Å². The molecule has 0 atom stereocenters. The molecule has 0 unspecified atom stereocenters. The van der Waals surface area contributed by atoms with Crippen LogP contribution in [0.4, 0.5) is 5.82 Å². The SMILES string of the molecule is Cn1c(=O)[nH]c(N2CCCC2)c(Cc2ccc(C(C)(C)C)cc2)c1=O. The number of anilines is 1. The average molecular weight is 341 g/mol. The van der Waals surface area contributed by atoms with Crippen molar-refractivity contribution in [3.8, 4) is 0 Å². The highest BCUT2D eigenvalue weighted by Gasteiger charge is 2.21. The first-order chi connectivity index (χ1) is 11.8. The number of aromatic nitrogens is 2. The third-order valence-electron chi connectivity index (χ3n) is 5.00. The van der Waals surface area contributed by atoms with Crippen LogP contribution in [0.15, 0.2) is 33.9 Å². The van der Waals surface area contributed by atoms with Crippen LogP contribution in [0.3, 0.4) is 0 Å². The van der Waals surface area contributed by atoms with Crippen LogP contribution < -0.4 is 16.1 Å². The maximum absolute atomic E-state index is 12.7. The maximum Gasteiger partial charge on any atom is 0.329 e. The zero-order valence-electron chi connectivity index (χ0n) is 15.6. The predicted octanol–water partition coefficient (Wildman–Crippen LogP) is 2.56. The van der Waals surface area contributed by atoms with Crippen molar-refractivity contribution in [2.45, 2.75) is 45.4 Å². The molecule has 1 aliphatic heterocycles. The zero-order chi connectivity index (χ0) is 18.2. The van der Waals surface area contributed by atoms with E-state index in [4.69, 9.17) is 0 Å². The molecule has 0 saturated carbocycles. The summed E-state index contributed by atoms with van der Waals surface area (Å²) in [6.45, 7) is 8.33. The Kier molecular flexibility index (Phi) is 4.58. The number of benzene rings is 1. The molecule has 0 amide bonds. The summed E-state index contributed by atoms with van der Waals surface area (Å²) in [6, 6.07) is 8.42. The summed E-state index contributed by atoms with van der Waals surface area (Å²) in [5.74, 6) is 0.700. The summed E-state index contributed by atoms with van der Waals surface area (Å²) < 4.78 is 1.17. The fourth-order valence-corrected chi connectivity index (χ4v) is 3.35. The first kappa shape index (κ1) is 17.5. The lowest BCUT2D eigenvalue weighted by Gasteiger charge is -2.21. The summed E-state index contributed by atoms with van der Waals surface area (Å²) in [5, 5.41) is 0. The first-order valence-electron chi connectivity index (χ1n) is 8.94. The summed E-state index contributed by atoms with van der Waals surface area (Å²) in [6.07, 6.45) is 2.72. The Morgan fingerprint density at radius 3 is 2.20 bits per heavy atom. The highest BCUT2D eigenvalue weighted by Crippen LogP contribution is 2.24. The van der Waals surface area contributed by atoms with Gasteiger partial charge in [-0.1, -0.05) is 45.0 Å². The van der Waals surface area contributed by atoms with Crippen LogP contribution in [-0.2, 0) is 18.9 Å². The molecule has 1 fully saturated rings. The van der Waals surface area contributed by atoms with Crippen molar-refractivity contribution in [2.75, 3.05) is 18.0 Å². The fourth-order valence-electron chi connectivity index (χ4n) is 3.35. The molecule has 2 aromatic rings. The Morgan fingerprint density at radius 2 is 1.64 bits per heavy atom. The quantitative estimate of drug-likeness (QED) is 0.933. The van der Waals surface area contributed by atoms with Gasteiger partial charge in [-0.3, -0.25) is 14.3 Å². The van der Waals surface area contributed by atoms with E-state index in [1.807, 2.05) is 0 Å².